The van der Waals surface area contributed by atoms with Gasteiger partial charge >= 0.3 is 0 Å². The summed E-state index contributed by atoms with van der Waals surface area (Å²) in [7, 11) is 3.56. The molecule has 0 radical (unpaired) electrons. The molecule has 0 saturated carbocycles. The van der Waals surface area contributed by atoms with Crippen LogP contribution in [0, 0.1) is 6.92 Å². The van der Waals surface area contributed by atoms with E-state index < -0.39 is 12.1 Å². The van der Waals surface area contributed by atoms with Crippen LogP contribution in [0.5, 0.6) is 10.8 Å². The normalized spacial score (nSPS) is 13.9. The van der Waals surface area contributed by atoms with Crippen LogP contribution in [-0.4, -0.2) is 39.4 Å². The summed E-state index contributed by atoms with van der Waals surface area (Å²) in [5.41, 5.74) is 9.83. The summed E-state index contributed by atoms with van der Waals surface area (Å²) in [6, 6.07) is 3.52. The van der Waals surface area contributed by atoms with Gasteiger partial charge in [0.2, 0.25) is 0 Å². The van der Waals surface area contributed by atoms with E-state index in [1.54, 1.807) is 31.1 Å². The minimum Gasteiger partial charge on any atom is -0.444 e. The van der Waals surface area contributed by atoms with Crippen LogP contribution in [0.15, 0.2) is 18.3 Å². The number of pyridine rings is 1. The zero-order chi connectivity index (χ0) is 20.0. The molecule has 1 amide bonds. The second kappa shape index (κ2) is 7.25. The van der Waals surface area contributed by atoms with E-state index in [0.717, 1.165) is 34.4 Å². The predicted octanol–water partition coefficient (Wildman–Crippen LogP) is 3.12. The third-order valence-corrected chi connectivity index (χ3v) is 6.71. The summed E-state index contributed by atoms with van der Waals surface area (Å²) >= 11 is 2.67. The maximum atomic E-state index is 12.0. The molecule has 3 aromatic rings. The highest BCUT2D eigenvalue weighted by atomic mass is 32.1. The number of nitrogens with two attached hydrogens (primary N) is 1. The molecule has 0 fully saturated rings. The number of nitrogens with zero attached hydrogens (tertiary/aromatic N) is 3. The van der Waals surface area contributed by atoms with Crippen LogP contribution in [0.3, 0.4) is 0 Å². The first-order valence-corrected chi connectivity index (χ1v) is 10.3. The number of thiophene rings is 1. The summed E-state index contributed by atoms with van der Waals surface area (Å²) in [6.07, 6.45) is 2.67. The number of amides is 1. The Morgan fingerprint density at radius 2 is 2.14 bits per heavy atom. The Kier molecular flexibility index (Phi) is 4.92. The number of carbonyl (C=O) groups excluding carboxylic acids is 1. The second-order valence-corrected chi connectivity index (χ2v) is 8.66. The van der Waals surface area contributed by atoms with Crippen molar-refractivity contribution in [2.75, 3.05) is 14.1 Å². The number of primary amides is 1. The Hall–Kier alpha value is -2.33. The van der Waals surface area contributed by atoms with E-state index in [-0.39, 0.29) is 0 Å². The van der Waals surface area contributed by atoms with Crippen molar-refractivity contribution in [1.29, 1.82) is 0 Å². The molecule has 146 valence electrons. The van der Waals surface area contributed by atoms with Crippen molar-refractivity contribution < 1.29 is 14.6 Å². The van der Waals surface area contributed by atoms with E-state index in [0.29, 0.717) is 27.1 Å². The average molecular weight is 417 g/mol. The number of hydrogen-bond donors (Lipinski definition) is 2. The molecule has 3 aromatic heterocycles. The number of aryl methyl sites for hydroxylation is 2. The maximum absolute atomic E-state index is 12.0. The fourth-order valence-electron chi connectivity index (χ4n) is 3.27. The molecule has 1 aliphatic rings. The molecule has 4 rings (SSSR count). The molecule has 0 spiro atoms. The Labute approximate surface area is 170 Å². The van der Waals surface area contributed by atoms with Gasteiger partial charge in [0.25, 0.3) is 5.91 Å². The molecule has 0 aliphatic heterocycles. The summed E-state index contributed by atoms with van der Waals surface area (Å²) in [5, 5.41) is 10.8. The van der Waals surface area contributed by atoms with E-state index in [4.69, 9.17) is 10.5 Å². The SMILES string of the molecule is Cc1nc(C(O)N(C)C)ccc1Oc1sc(C(N)=O)c2c1-c1sncc1CC2. The lowest BCUT2D eigenvalue weighted by Gasteiger charge is -2.19. The van der Waals surface area contributed by atoms with E-state index in [2.05, 4.69) is 9.36 Å². The van der Waals surface area contributed by atoms with Gasteiger partial charge in [-0.15, -0.1) is 0 Å². The van der Waals surface area contributed by atoms with Crippen molar-refractivity contribution in [2.45, 2.75) is 26.0 Å². The van der Waals surface area contributed by atoms with Gasteiger partial charge in [0.15, 0.2) is 5.06 Å². The van der Waals surface area contributed by atoms with Crippen molar-refractivity contribution in [3.05, 3.63) is 45.7 Å². The molecular weight excluding hydrogens is 396 g/mol. The standard InChI is InChI=1S/C19H20N4O3S2/c1-9-13(7-6-12(22-9)18(25)23(2)3)26-19-14-11(16(27-19)17(20)24)5-4-10-8-21-28-15(10)14/h6-8,18,25H,4-5H2,1-3H3,(H2,20,24). The molecule has 1 unspecified atom stereocenters. The molecule has 0 saturated heterocycles. The molecule has 9 heteroatoms. The predicted molar refractivity (Wildman–Crippen MR) is 109 cm³/mol. The quantitative estimate of drug-likeness (QED) is 0.620. The van der Waals surface area contributed by atoms with Crippen molar-refractivity contribution in [1.82, 2.24) is 14.3 Å². The van der Waals surface area contributed by atoms with Crippen LogP contribution >= 0.6 is 22.9 Å². The largest absolute Gasteiger partial charge is 0.444 e. The van der Waals surface area contributed by atoms with Crippen LogP contribution < -0.4 is 10.5 Å². The van der Waals surface area contributed by atoms with Gasteiger partial charge in [-0.1, -0.05) is 11.3 Å². The molecular formula is C19H20N4O3S2. The molecule has 3 heterocycles. The van der Waals surface area contributed by atoms with Crippen LogP contribution in [0.25, 0.3) is 10.4 Å². The third kappa shape index (κ3) is 3.20. The number of carbonyl (C=O) groups is 1. The lowest BCUT2D eigenvalue weighted by molar-refractivity contribution is 0.0356. The highest BCUT2D eigenvalue weighted by molar-refractivity contribution is 7.17. The molecule has 7 nitrogen and oxygen atoms in total. The van der Waals surface area contributed by atoms with Gasteiger partial charge in [0, 0.05) is 6.20 Å². The van der Waals surface area contributed by atoms with Crippen molar-refractivity contribution in [3.8, 4) is 21.3 Å². The number of aliphatic hydroxyl groups is 1. The second-order valence-electron chi connectivity index (χ2n) is 6.88. The molecule has 3 N–H and O–H groups in total. The van der Waals surface area contributed by atoms with E-state index in [9.17, 15) is 9.90 Å². The van der Waals surface area contributed by atoms with Gasteiger partial charge in [0.1, 0.15) is 12.0 Å². The van der Waals surface area contributed by atoms with E-state index in [1.165, 1.54) is 22.9 Å². The average Bonchev–Trinajstić information content (AvgIpc) is 3.26. The van der Waals surface area contributed by atoms with Gasteiger partial charge in [-0.05, 0) is 68.7 Å². The highest BCUT2D eigenvalue weighted by Gasteiger charge is 2.30. The zero-order valence-electron chi connectivity index (χ0n) is 15.7. The summed E-state index contributed by atoms with van der Waals surface area (Å²) in [6.45, 7) is 1.83. The number of ether oxygens (including phenoxy) is 1. The first-order chi connectivity index (χ1) is 13.4. The molecule has 1 atom stereocenters. The maximum Gasteiger partial charge on any atom is 0.259 e. The van der Waals surface area contributed by atoms with Crippen LogP contribution in [0.1, 0.15) is 38.4 Å². The smallest absolute Gasteiger partial charge is 0.259 e. The lowest BCUT2D eigenvalue weighted by atomic mass is 9.93. The van der Waals surface area contributed by atoms with E-state index in [1.807, 2.05) is 13.1 Å². The Morgan fingerprint density at radius 3 is 2.82 bits per heavy atom. The van der Waals surface area contributed by atoms with Crippen LogP contribution in [0.4, 0.5) is 0 Å². The van der Waals surface area contributed by atoms with Gasteiger partial charge in [-0.25, -0.2) is 4.37 Å². The van der Waals surface area contributed by atoms with Gasteiger partial charge in [-0.2, -0.15) is 0 Å². The molecule has 0 bridgehead atoms. The number of rotatable bonds is 5. The number of hydrogen-bond acceptors (Lipinski definition) is 8. The number of fused-ring (bicyclic) bond motifs is 3. The topological polar surface area (TPSA) is 102 Å². The van der Waals surface area contributed by atoms with Crippen LogP contribution in [0.2, 0.25) is 0 Å². The van der Waals surface area contributed by atoms with E-state index >= 15 is 0 Å². The third-order valence-electron chi connectivity index (χ3n) is 4.73. The van der Waals surface area contributed by atoms with Crippen molar-refractivity contribution in [3.63, 3.8) is 0 Å². The fraction of sp³-hybridized carbons (Fsp3) is 0.316. The monoisotopic (exact) mass is 416 g/mol. The Morgan fingerprint density at radius 1 is 1.36 bits per heavy atom. The molecule has 0 aromatic carbocycles. The van der Waals surface area contributed by atoms with Gasteiger partial charge < -0.3 is 15.6 Å². The highest BCUT2D eigenvalue weighted by Crippen LogP contribution is 2.50. The lowest BCUT2D eigenvalue weighted by Crippen LogP contribution is -2.20. The molecule has 28 heavy (non-hydrogen) atoms. The Balaban J connectivity index is 1.75. The summed E-state index contributed by atoms with van der Waals surface area (Å²) < 4.78 is 10.5. The first-order valence-electron chi connectivity index (χ1n) is 8.76. The minimum atomic E-state index is -0.788. The summed E-state index contributed by atoms with van der Waals surface area (Å²) in [4.78, 5) is 19.7. The number of aromatic nitrogens is 2. The van der Waals surface area contributed by atoms with Crippen molar-refractivity contribution >= 4 is 28.8 Å². The van der Waals surface area contributed by atoms with Gasteiger partial charge in [-0.3, -0.25) is 14.7 Å². The molecule has 1 aliphatic carbocycles. The van der Waals surface area contributed by atoms with Crippen molar-refractivity contribution in [2.24, 2.45) is 5.73 Å². The zero-order valence-corrected chi connectivity index (χ0v) is 17.4. The van der Waals surface area contributed by atoms with Crippen LogP contribution in [-0.2, 0) is 12.8 Å². The van der Waals surface area contributed by atoms with Gasteiger partial charge in [0.05, 0.1) is 26.7 Å². The number of aliphatic hydroxyl groups excluding tert-OH is 1. The Bertz CT molecular complexity index is 1060. The minimum absolute atomic E-state index is 0.441. The first kappa shape index (κ1) is 19.0. The summed E-state index contributed by atoms with van der Waals surface area (Å²) in [5.74, 6) is 0.134. The fourth-order valence-corrected chi connectivity index (χ4v) is 5.27.